The van der Waals surface area contributed by atoms with E-state index in [4.69, 9.17) is 0 Å². The molecule has 4 heteroatoms. The maximum atomic E-state index is 13.1. The topological polar surface area (TPSA) is 32.3 Å². The Morgan fingerprint density at radius 3 is 2.73 bits per heavy atom. The first-order chi connectivity index (χ1) is 7.18. The number of halogens is 2. The lowest BCUT2D eigenvalue weighted by Crippen LogP contribution is -2.27. The van der Waals surface area contributed by atoms with E-state index < -0.39 is 17.4 Å². The number of phenols is 1. The molecular formula is C11H13F2NO. The van der Waals surface area contributed by atoms with Crippen molar-refractivity contribution < 1.29 is 13.9 Å². The highest BCUT2D eigenvalue weighted by molar-refractivity contribution is 5.36. The Kier molecular flexibility index (Phi) is 2.86. The van der Waals surface area contributed by atoms with Crippen LogP contribution in [0.5, 0.6) is 5.75 Å². The van der Waals surface area contributed by atoms with Gasteiger partial charge in [0.1, 0.15) is 5.82 Å². The summed E-state index contributed by atoms with van der Waals surface area (Å²) in [6.07, 6.45) is 2.88. The maximum Gasteiger partial charge on any atom is 0.168 e. The van der Waals surface area contributed by atoms with Crippen LogP contribution >= 0.6 is 0 Å². The molecule has 1 saturated heterocycles. The van der Waals surface area contributed by atoms with Gasteiger partial charge in [0.2, 0.25) is 0 Å². The molecule has 0 saturated carbocycles. The highest BCUT2D eigenvalue weighted by Crippen LogP contribution is 2.32. The standard InChI is InChI=1S/C11H13F2NO/c12-7-5-8(11(15)9(13)6-7)10-3-1-2-4-14-10/h5-6,10,14-15H,1-4H2. The second-order valence-electron chi connectivity index (χ2n) is 3.83. The summed E-state index contributed by atoms with van der Waals surface area (Å²) in [7, 11) is 0. The Balaban J connectivity index is 2.33. The maximum absolute atomic E-state index is 13.1. The fourth-order valence-corrected chi connectivity index (χ4v) is 1.97. The van der Waals surface area contributed by atoms with Gasteiger partial charge in [0.05, 0.1) is 0 Å². The molecule has 0 spiro atoms. The molecule has 1 aliphatic rings. The van der Waals surface area contributed by atoms with Gasteiger partial charge in [-0.05, 0) is 25.5 Å². The van der Waals surface area contributed by atoms with Gasteiger partial charge in [0.15, 0.2) is 11.6 Å². The molecular weight excluding hydrogens is 200 g/mol. The summed E-state index contributed by atoms with van der Waals surface area (Å²) in [6, 6.07) is 1.76. The minimum absolute atomic E-state index is 0.135. The van der Waals surface area contributed by atoms with E-state index >= 15 is 0 Å². The first-order valence-electron chi connectivity index (χ1n) is 5.10. The molecule has 1 aromatic rings. The molecule has 15 heavy (non-hydrogen) atoms. The Morgan fingerprint density at radius 2 is 2.07 bits per heavy atom. The zero-order valence-electron chi connectivity index (χ0n) is 8.26. The molecule has 0 amide bonds. The van der Waals surface area contributed by atoms with Crippen molar-refractivity contribution in [2.24, 2.45) is 0 Å². The molecule has 0 radical (unpaired) electrons. The summed E-state index contributed by atoms with van der Waals surface area (Å²) in [5.41, 5.74) is 0.326. The molecule has 0 bridgehead atoms. The minimum atomic E-state index is -0.891. The highest BCUT2D eigenvalue weighted by atomic mass is 19.1. The average molecular weight is 213 g/mol. The smallest absolute Gasteiger partial charge is 0.168 e. The average Bonchev–Trinajstić information content (AvgIpc) is 2.24. The van der Waals surface area contributed by atoms with Crippen LogP contribution in [0.15, 0.2) is 12.1 Å². The number of aromatic hydroxyl groups is 1. The van der Waals surface area contributed by atoms with Gasteiger partial charge in [-0.2, -0.15) is 0 Å². The zero-order valence-corrected chi connectivity index (χ0v) is 8.26. The van der Waals surface area contributed by atoms with Crippen molar-refractivity contribution in [2.45, 2.75) is 25.3 Å². The molecule has 1 heterocycles. The first kappa shape index (κ1) is 10.4. The summed E-state index contributed by atoms with van der Waals surface area (Å²) in [6.45, 7) is 0.822. The van der Waals surface area contributed by atoms with Crippen LogP contribution in [-0.4, -0.2) is 11.7 Å². The lowest BCUT2D eigenvalue weighted by atomic mass is 9.96. The number of nitrogens with one attached hydrogen (secondary N) is 1. The third kappa shape index (κ3) is 2.09. The number of rotatable bonds is 1. The van der Waals surface area contributed by atoms with E-state index in [0.717, 1.165) is 25.8 Å². The number of hydrogen-bond acceptors (Lipinski definition) is 2. The SMILES string of the molecule is Oc1c(F)cc(F)cc1C1CCCCN1. The molecule has 1 aromatic carbocycles. The molecule has 1 atom stereocenters. The lowest BCUT2D eigenvalue weighted by molar-refractivity contribution is 0.374. The summed E-state index contributed by atoms with van der Waals surface area (Å²) >= 11 is 0. The van der Waals surface area contributed by atoms with Gasteiger partial charge in [-0.15, -0.1) is 0 Å². The summed E-state index contributed by atoms with van der Waals surface area (Å²) in [5, 5.41) is 12.6. The van der Waals surface area contributed by atoms with Crippen molar-refractivity contribution in [2.75, 3.05) is 6.54 Å². The van der Waals surface area contributed by atoms with Gasteiger partial charge in [-0.1, -0.05) is 6.42 Å². The van der Waals surface area contributed by atoms with Crippen LogP contribution in [0.3, 0.4) is 0 Å². The number of piperidine rings is 1. The van der Waals surface area contributed by atoms with Gasteiger partial charge in [-0.25, -0.2) is 8.78 Å². The largest absolute Gasteiger partial charge is 0.505 e. The number of phenolic OH excluding ortho intramolecular Hbond substituents is 1. The van der Waals surface area contributed by atoms with Crippen LogP contribution in [0.1, 0.15) is 30.9 Å². The predicted octanol–water partition coefficient (Wildman–Crippen LogP) is 2.48. The monoisotopic (exact) mass is 213 g/mol. The van der Waals surface area contributed by atoms with Crippen LogP contribution in [0.25, 0.3) is 0 Å². The van der Waals surface area contributed by atoms with Gasteiger partial charge >= 0.3 is 0 Å². The van der Waals surface area contributed by atoms with Crippen molar-refractivity contribution >= 4 is 0 Å². The van der Waals surface area contributed by atoms with E-state index in [0.29, 0.717) is 11.6 Å². The molecule has 0 aromatic heterocycles. The first-order valence-corrected chi connectivity index (χ1v) is 5.10. The molecule has 2 nitrogen and oxygen atoms in total. The van der Waals surface area contributed by atoms with Gasteiger partial charge < -0.3 is 10.4 Å². The lowest BCUT2D eigenvalue weighted by Gasteiger charge is -2.24. The Bertz CT molecular complexity index is 362. The van der Waals surface area contributed by atoms with Crippen molar-refractivity contribution in [1.82, 2.24) is 5.32 Å². The van der Waals surface area contributed by atoms with Gasteiger partial charge in [0, 0.05) is 17.7 Å². The Morgan fingerprint density at radius 1 is 1.27 bits per heavy atom. The van der Waals surface area contributed by atoms with E-state index in [2.05, 4.69) is 5.32 Å². The van der Waals surface area contributed by atoms with Crippen molar-refractivity contribution in [1.29, 1.82) is 0 Å². The summed E-state index contributed by atoms with van der Waals surface area (Å²) < 4.78 is 26.1. The van der Waals surface area contributed by atoms with Crippen LogP contribution in [0.2, 0.25) is 0 Å². The second-order valence-corrected chi connectivity index (χ2v) is 3.83. The molecule has 0 aliphatic carbocycles. The number of hydrogen-bond donors (Lipinski definition) is 2. The van der Waals surface area contributed by atoms with Crippen molar-refractivity contribution in [3.05, 3.63) is 29.3 Å². The van der Waals surface area contributed by atoms with Crippen LogP contribution in [-0.2, 0) is 0 Å². The molecule has 1 unspecified atom stereocenters. The quantitative estimate of drug-likeness (QED) is 0.751. The number of benzene rings is 1. The van der Waals surface area contributed by atoms with Crippen LogP contribution in [0.4, 0.5) is 8.78 Å². The summed E-state index contributed by atoms with van der Waals surface area (Å²) in [4.78, 5) is 0. The molecule has 2 rings (SSSR count). The fraction of sp³-hybridized carbons (Fsp3) is 0.455. The van der Waals surface area contributed by atoms with E-state index in [9.17, 15) is 13.9 Å². The fourth-order valence-electron chi connectivity index (χ4n) is 1.97. The molecule has 2 N–H and O–H groups in total. The molecule has 1 aliphatic heterocycles. The third-order valence-electron chi connectivity index (χ3n) is 2.74. The van der Waals surface area contributed by atoms with E-state index in [1.54, 1.807) is 0 Å². The van der Waals surface area contributed by atoms with Crippen molar-refractivity contribution in [3.8, 4) is 5.75 Å². The Hall–Kier alpha value is -1.16. The molecule has 1 fully saturated rings. The van der Waals surface area contributed by atoms with Crippen molar-refractivity contribution in [3.63, 3.8) is 0 Å². The van der Waals surface area contributed by atoms with Crippen LogP contribution in [0, 0.1) is 11.6 Å². The highest BCUT2D eigenvalue weighted by Gasteiger charge is 2.20. The third-order valence-corrected chi connectivity index (χ3v) is 2.74. The zero-order chi connectivity index (χ0) is 10.8. The van der Waals surface area contributed by atoms with Gasteiger partial charge in [-0.3, -0.25) is 0 Å². The van der Waals surface area contributed by atoms with Gasteiger partial charge in [0.25, 0.3) is 0 Å². The minimum Gasteiger partial charge on any atom is -0.505 e. The molecule has 82 valence electrons. The van der Waals surface area contributed by atoms with E-state index in [-0.39, 0.29) is 6.04 Å². The second kappa shape index (κ2) is 4.14. The van der Waals surface area contributed by atoms with E-state index in [1.165, 1.54) is 6.07 Å². The van der Waals surface area contributed by atoms with E-state index in [1.807, 2.05) is 0 Å². The normalized spacial score (nSPS) is 21.6. The van der Waals surface area contributed by atoms with Crippen LogP contribution < -0.4 is 5.32 Å². The predicted molar refractivity (Wildman–Crippen MR) is 52.6 cm³/mol. The summed E-state index contributed by atoms with van der Waals surface area (Å²) in [5.74, 6) is -1.97. The Labute approximate surface area is 86.9 Å².